The summed E-state index contributed by atoms with van der Waals surface area (Å²) < 4.78 is 6.41. The summed E-state index contributed by atoms with van der Waals surface area (Å²) in [6.07, 6.45) is 0.717. The second-order valence-corrected chi connectivity index (χ2v) is 10.9. The zero-order valence-corrected chi connectivity index (χ0v) is 20.0. The van der Waals surface area contributed by atoms with Crippen molar-refractivity contribution in [2.75, 3.05) is 11.9 Å². The third-order valence-corrected chi connectivity index (χ3v) is 7.14. The number of hydrogen-bond donors (Lipinski definition) is 3. The summed E-state index contributed by atoms with van der Waals surface area (Å²) in [6.45, 7) is 9.21. The Labute approximate surface area is 195 Å². The minimum Gasteiger partial charge on any atom is -0.394 e. The molecule has 33 heavy (non-hydrogen) atoms. The smallest absolute Gasteiger partial charge is 0.246 e. The maximum absolute atomic E-state index is 13.9. The normalized spacial score (nSPS) is 31.6. The molecule has 0 aliphatic carbocycles. The van der Waals surface area contributed by atoms with E-state index < -0.39 is 41.2 Å². The zero-order valence-electron chi connectivity index (χ0n) is 20.0. The molecule has 1 aromatic carbocycles. The van der Waals surface area contributed by atoms with E-state index in [0.717, 1.165) is 0 Å². The first-order chi connectivity index (χ1) is 15.5. The van der Waals surface area contributed by atoms with Gasteiger partial charge >= 0.3 is 0 Å². The highest BCUT2D eigenvalue weighted by Crippen LogP contribution is 2.59. The number of anilines is 1. The van der Waals surface area contributed by atoms with Gasteiger partial charge in [0, 0.05) is 11.2 Å². The maximum Gasteiger partial charge on any atom is 0.246 e. The third-order valence-electron chi connectivity index (χ3n) is 7.14. The first-order valence-corrected chi connectivity index (χ1v) is 11.8. The zero-order chi connectivity index (χ0) is 24.1. The molecule has 0 aromatic heterocycles. The molecule has 6 atom stereocenters. The van der Waals surface area contributed by atoms with Crippen molar-refractivity contribution in [3.05, 3.63) is 30.3 Å². The highest BCUT2D eigenvalue weighted by molar-refractivity contribution is 6.02. The number of aliphatic hydroxyl groups excluding tert-OH is 1. The molecule has 3 aliphatic heterocycles. The molecular weight excluding hydrogens is 422 g/mol. The second-order valence-electron chi connectivity index (χ2n) is 10.9. The SMILES string of the molecule is CC(C)[C@H](CO)N1C(=O)[C@@H]2[C@H](C(=O)Nc3ccccc3)[C@@H]3CCC2(O3)C1C(=O)NC(C)(C)C. The van der Waals surface area contributed by atoms with E-state index in [1.807, 2.05) is 52.8 Å². The first kappa shape index (κ1) is 23.7. The summed E-state index contributed by atoms with van der Waals surface area (Å²) in [5.41, 5.74) is -0.926. The summed E-state index contributed by atoms with van der Waals surface area (Å²) in [4.78, 5) is 42.4. The van der Waals surface area contributed by atoms with Gasteiger partial charge in [0.25, 0.3) is 0 Å². The highest BCUT2D eigenvalue weighted by atomic mass is 16.5. The number of nitrogens with one attached hydrogen (secondary N) is 2. The number of carbonyl (C=O) groups excluding carboxylic acids is 3. The van der Waals surface area contributed by atoms with Crippen LogP contribution in [-0.2, 0) is 19.1 Å². The lowest BCUT2D eigenvalue weighted by atomic mass is 9.70. The molecule has 3 heterocycles. The topological polar surface area (TPSA) is 108 Å². The number of ether oxygens (including phenoxy) is 1. The Hall–Kier alpha value is -2.45. The molecule has 1 aromatic rings. The Kier molecular flexibility index (Phi) is 6.03. The molecule has 0 radical (unpaired) electrons. The van der Waals surface area contributed by atoms with Crippen molar-refractivity contribution in [3.63, 3.8) is 0 Å². The van der Waals surface area contributed by atoms with Crippen LogP contribution in [-0.4, -0.2) is 63.7 Å². The largest absolute Gasteiger partial charge is 0.394 e. The number of fused-ring (bicyclic) bond motifs is 1. The molecule has 0 saturated carbocycles. The van der Waals surface area contributed by atoms with Gasteiger partial charge in [-0.15, -0.1) is 0 Å². The average molecular weight is 458 g/mol. The van der Waals surface area contributed by atoms with Gasteiger partial charge in [-0.05, 0) is 51.7 Å². The summed E-state index contributed by atoms with van der Waals surface area (Å²) in [7, 11) is 0. The molecule has 3 aliphatic rings. The van der Waals surface area contributed by atoms with Gasteiger partial charge in [-0.1, -0.05) is 32.0 Å². The minimum absolute atomic E-state index is 0.0760. The van der Waals surface area contributed by atoms with Crippen molar-refractivity contribution in [1.29, 1.82) is 0 Å². The van der Waals surface area contributed by atoms with E-state index in [1.54, 1.807) is 12.1 Å². The van der Waals surface area contributed by atoms with Gasteiger partial charge in [0.1, 0.15) is 11.6 Å². The van der Waals surface area contributed by atoms with Crippen LogP contribution >= 0.6 is 0 Å². The van der Waals surface area contributed by atoms with Gasteiger partial charge in [-0.3, -0.25) is 14.4 Å². The number of hydrogen-bond acceptors (Lipinski definition) is 5. The number of aliphatic hydroxyl groups is 1. The Morgan fingerprint density at radius 3 is 2.45 bits per heavy atom. The average Bonchev–Trinajstić information content (AvgIpc) is 3.36. The van der Waals surface area contributed by atoms with E-state index in [0.29, 0.717) is 18.5 Å². The van der Waals surface area contributed by atoms with Crippen molar-refractivity contribution in [2.45, 2.75) is 76.8 Å². The lowest BCUT2D eigenvalue weighted by Gasteiger charge is -2.39. The van der Waals surface area contributed by atoms with Crippen molar-refractivity contribution in [3.8, 4) is 0 Å². The summed E-state index contributed by atoms with van der Waals surface area (Å²) in [5, 5.41) is 16.1. The summed E-state index contributed by atoms with van der Waals surface area (Å²) in [5.74, 6) is -2.38. The van der Waals surface area contributed by atoms with Crippen molar-refractivity contribution < 1.29 is 24.2 Å². The Bertz CT molecular complexity index is 928. The first-order valence-electron chi connectivity index (χ1n) is 11.8. The molecule has 1 spiro atoms. The van der Waals surface area contributed by atoms with Gasteiger partial charge in [0.05, 0.1) is 30.6 Å². The number of amides is 3. The van der Waals surface area contributed by atoms with Crippen molar-refractivity contribution in [1.82, 2.24) is 10.2 Å². The van der Waals surface area contributed by atoms with Crippen LogP contribution < -0.4 is 10.6 Å². The van der Waals surface area contributed by atoms with Crippen LogP contribution in [0.1, 0.15) is 47.5 Å². The molecule has 4 rings (SSSR count). The van der Waals surface area contributed by atoms with E-state index in [-0.39, 0.29) is 30.2 Å². The van der Waals surface area contributed by atoms with Crippen LogP contribution in [0.3, 0.4) is 0 Å². The Morgan fingerprint density at radius 2 is 1.88 bits per heavy atom. The van der Waals surface area contributed by atoms with Gasteiger partial charge in [0.2, 0.25) is 17.7 Å². The number of likely N-dealkylation sites (tertiary alicyclic amines) is 1. The number of benzene rings is 1. The van der Waals surface area contributed by atoms with Gasteiger partial charge < -0.3 is 25.4 Å². The molecule has 2 unspecified atom stereocenters. The predicted molar refractivity (Wildman–Crippen MR) is 123 cm³/mol. The molecule has 3 N–H and O–H groups in total. The van der Waals surface area contributed by atoms with Crippen LogP contribution in [0.4, 0.5) is 5.69 Å². The third kappa shape index (κ3) is 3.93. The number of para-hydroxylation sites is 1. The molecule has 8 heteroatoms. The van der Waals surface area contributed by atoms with Gasteiger partial charge in [-0.25, -0.2) is 0 Å². The van der Waals surface area contributed by atoms with Gasteiger partial charge in [-0.2, -0.15) is 0 Å². The fourth-order valence-corrected chi connectivity index (χ4v) is 5.85. The van der Waals surface area contributed by atoms with E-state index in [1.165, 1.54) is 4.90 Å². The molecule has 3 saturated heterocycles. The molecule has 3 fully saturated rings. The number of nitrogens with zero attached hydrogens (tertiary/aromatic N) is 1. The lowest BCUT2D eigenvalue weighted by Crippen LogP contribution is -2.61. The van der Waals surface area contributed by atoms with E-state index in [4.69, 9.17) is 4.74 Å². The Morgan fingerprint density at radius 1 is 1.21 bits per heavy atom. The minimum atomic E-state index is -1.07. The van der Waals surface area contributed by atoms with Crippen LogP contribution in [0.15, 0.2) is 30.3 Å². The van der Waals surface area contributed by atoms with Crippen molar-refractivity contribution in [2.24, 2.45) is 17.8 Å². The van der Waals surface area contributed by atoms with E-state index in [2.05, 4.69) is 10.6 Å². The number of carbonyl (C=O) groups is 3. The molecular formula is C25H35N3O5. The standard InChI is InChI=1S/C25H35N3O5/c1-14(2)16(13-29)28-20(22(31)27-24(3,4)5)25-12-11-17(33-25)18(19(25)23(28)32)21(30)26-15-9-7-6-8-10-15/h6-10,14,16-20,29H,11-13H2,1-5H3,(H,26,30)(H,27,31)/t16-,17-,18+,19-,20?,25?/m0/s1. The molecule has 2 bridgehead atoms. The summed E-state index contributed by atoms with van der Waals surface area (Å²) in [6, 6.07) is 7.68. The number of rotatable bonds is 6. The highest BCUT2D eigenvalue weighted by Gasteiger charge is 2.75. The summed E-state index contributed by atoms with van der Waals surface area (Å²) >= 11 is 0. The van der Waals surface area contributed by atoms with E-state index >= 15 is 0 Å². The lowest BCUT2D eigenvalue weighted by molar-refractivity contribution is -0.147. The van der Waals surface area contributed by atoms with Crippen LogP contribution in [0.5, 0.6) is 0 Å². The van der Waals surface area contributed by atoms with Crippen LogP contribution in [0.25, 0.3) is 0 Å². The van der Waals surface area contributed by atoms with E-state index in [9.17, 15) is 19.5 Å². The quantitative estimate of drug-likeness (QED) is 0.605. The molecule has 8 nitrogen and oxygen atoms in total. The fraction of sp³-hybridized carbons (Fsp3) is 0.640. The molecule has 3 amide bonds. The second kappa shape index (κ2) is 8.40. The van der Waals surface area contributed by atoms with Crippen LogP contribution in [0, 0.1) is 17.8 Å². The van der Waals surface area contributed by atoms with Crippen LogP contribution in [0.2, 0.25) is 0 Å². The maximum atomic E-state index is 13.9. The molecule has 180 valence electrons. The Balaban J connectivity index is 1.73. The van der Waals surface area contributed by atoms with Crippen molar-refractivity contribution >= 4 is 23.4 Å². The monoisotopic (exact) mass is 457 g/mol. The van der Waals surface area contributed by atoms with Gasteiger partial charge in [0.15, 0.2) is 0 Å². The predicted octanol–water partition coefficient (Wildman–Crippen LogP) is 1.93. The fourth-order valence-electron chi connectivity index (χ4n) is 5.85.